The third-order valence-electron chi connectivity index (χ3n) is 3.68. The van der Waals surface area contributed by atoms with E-state index < -0.39 is 5.38 Å². The van der Waals surface area contributed by atoms with Crippen molar-refractivity contribution in [2.24, 2.45) is 0 Å². The van der Waals surface area contributed by atoms with Crippen molar-refractivity contribution in [1.82, 2.24) is 9.88 Å². The van der Waals surface area contributed by atoms with Crippen molar-refractivity contribution in [3.05, 3.63) is 66.0 Å². The molecule has 1 aliphatic carbocycles. The zero-order valence-electron chi connectivity index (χ0n) is 11.7. The second-order valence-corrected chi connectivity index (χ2v) is 5.76. The first-order valence-electron chi connectivity index (χ1n) is 7.14. The number of alkyl halides is 1. The Morgan fingerprint density at radius 3 is 2.48 bits per heavy atom. The molecule has 1 aromatic carbocycles. The molecule has 0 spiro atoms. The van der Waals surface area contributed by atoms with Crippen LogP contribution in [-0.2, 0) is 11.3 Å². The van der Waals surface area contributed by atoms with Gasteiger partial charge < -0.3 is 4.90 Å². The molecule has 1 amide bonds. The first kappa shape index (κ1) is 14.1. The third kappa shape index (κ3) is 3.42. The molecule has 1 atom stereocenters. The Morgan fingerprint density at radius 2 is 1.86 bits per heavy atom. The number of hydrogen-bond donors (Lipinski definition) is 0. The largest absolute Gasteiger partial charge is 0.334 e. The molecule has 1 heterocycles. The maximum Gasteiger partial charge on any atom is 0.245 e. The Hall–Kier alpha value is -1.87. The molecule has 21 heavy (non-hydrogen) atoms. The van der Waals surface area contributed by atoms with E-state index in [1.807, 2.05) is 47.4 Å². The zero-order chi connectivity index (χ0) is 14.7. The minimum absolute atomic E-state index is 0.0119. The second kappa shape index (κ2) is 6.27. The van der Waals surface area contributed by atoms with Gasteiger partial charge in [0, 0.05) is 25.0 Å². The van der Waals surface area contributed by atoms with Gasteiger partial charge in [-0.2, -0.15) is 0 Å². The summed E-state index contributed by atoms with van der Waals surface area (Å²) in [6.07, 6.45) is 5.63. The number of aromatic nitrogens is 1. The predicted molar refractivity (Wildman–Crippen MR) is 82.8 cm³/mol. The van der Waals surface area contributed by atoms with Crippen molar-refractivity contribution < 1.29 is 4.79 Å². The van der Waals surface area contributed by atoms with Crippen LogP contribution in [0.5, 0.6) is 0 Å². The lowest BCUT2D eigenvalue weighted by molar-refractivity contribution is -0.132. The molecule has 0 radical (unpaired) electrons. The number of hydrogen-bond acceptors (Lipinski definition) is 2. The fourth-order valence-electron chi connectivity index (χ4n) is 2.37. The Labute approximate surface area is 129 Å². The van der Waals surface area contributed by atoms with Crippen molar-refractivity contribution in [1.29, 1.82) is 0 Å². The maximum atomic E-state index is 12.7. The highest BCUT2D eigenvalue weighted by atomic mass is 35.5. The van der Waals surface area contributed by atoms with Crippen LogP contribution in [0.2, 0.25) is 0 Å². The van der Waals surface area contributed by atoms with Crippen molar-refractivity contribution >= 4 is 17.5 Å². The van der Waals surface area contributed by atoms with Crippen molar-refractivity contribution in [2.75, 3.05) is 0 Å². The van der Waals surface area contributed by atoms with Gasteiger partial charge in [0.1, 0.15) is 5.38 Å². The minimum Gasteiger partial charge on any atom is -0.334 e. The highest BCUT2D eigenvalue weighted by molar-refractivity contribution is 6.30. The van der Waals surface area contributed by atoms with Crippen LogP contribution in [0, 0.1) is 0 Å². The molecular formula is C17H17ClN2O. The van der Waals surface area contributed by atoms with E-state index in [4.69, 9.17) is 11.6 Å². The van der Waals surface area contributed by atoms with Crippen LogP contribution in [0.1, 0.15) is 29.3 Å². The molecule has 3 rings (SSSR count). The van der Waals surface area contributed by atoms with Gasteiger partial charge in [-0.15, -0.1) is 11.6 Å². The number of carbonyl (C=O) groups is 1. The molecule has 0 N–H and O–H groups in total. The predicted octanol–water partition coefficient (Wildman–Crippen LogP) is 3.55. The summed E-state index contributed by atoms with van der Waals surface area (Å²) in [5, 5.41) is -0.617. The van der Waals surface area contributed by atoms with Crippen LogP contribution in [0.15, 0.2) is 54.9 Å². The molecule has 1 aliphatic rings. The first-order chi connectivity index (χ1) is 10.3. The lowest BCUT2D eigenvalue weighted by Crippen LogP contribution is -2.35. The van der Waals surface area contributed by atoms with E-state index in [9.17, 15) is 4.79 Å². The van der Waals surface area contributed by atoms with Crippen LogP contribution in [-0.4, -0.2) is 21.8 Å². The van der Waals surface area contributed by atoms with E-state index in [0.717, 1.165) is 24.0 Å². The Balaban J connectivity index is 1.76. The fraction of sp³-hybridized carbons (Fsp3) is 0.294. The van der Waals surface area contributed by atoms with Crippen LogP contribution < -0.4 is 0 Å². The van der Waals surface area contributed by atoms with Gasteiger partial charge in [-0.3, -0.25) is 9.78 Å². The van der Waals surface area contributed by atoms with E-state index in [0.29, 0.717) is 12.6 Å². The lowest BCUT2D eigenvalue weighted by Gasteiger charge is -2.25. The van der Waals surface area contributed by atoms with Gasteiger partial charge in [0.25, 0.3) is 0 Å². The summed E-state index contributed by atoms with van der Waals surface area (Å²) in [5.74, 6) is -0.0119. The fourth-order valence-corrected chi connectivity index (χ4v) is 2.64. The Morgan fingerprint density at radius 1 is 1.19 bits per heavy atom. The third-order valence-corrected chi connectivity index (χ3v) is 4.12. The summed E-state index contributed by atoms with van der Waals surface area (Å²) in [6, 6.07) is 13.7. The molecule has 0 aliphatic heterocycles. The van der Waals surface area contributed by atoms with Crippen molar-refractivity contribution in [3.8, 4) is 0 Å². The molecule has 4 heteroatoms. The first-order valence-corrected chi connectivity index (χ1v) is 7.58. The maximum absolute atomic E-state index is 12.7. The van der Waals surface area contributed by atoms with E-state index in [1.54, 1.807) is 12.4 Å². The van der Waals surface area contributed by atoms with Crippen LogP contribution in [0.25, 0.3) is 0 Å². The Kier molecular flexibility index (Phi) is 4.20. The molecule has 1 fully saturated rings. The number of carbonyl (C=O) groups excluding carboxylic acids is 1. The highest BCUT2D eigenvalue weighted by Crippen LogP contribution is 2.33. The standard InChI is InChI=1S/C17H17ClN2O/c18-16(14-4-2-1-3-5-14)17(21)20(15-6-7-15)12-13-8-10-19-11-9-13/h1-5,8-11,15-16H,6-7,12H2. The van der Waals surface area contributed by atoms with Gasteiger partial charge in [0.05, 0.1) is 0 Å². The van der Waals surface area contributed by atoms with Gasteiger partial charge in [0.2, 0.25) is 5.91 Å². The quantitative estimate of drug-likeness (QED) is 0.791. The van der Waals surface area contributed by atoms with E-state index in [2.05, 4.69) is 4.98 Å². The monoisotopic (exact) mass is 300 g/mol. The summed E-state index contributed by atoms with van der Waals surface area (Å²) in [6.45, 7) is 0.599. The van der Waals surface area contributed by atoms with Crippen molar-refractivity contribution in [3.63, 3.8) is 0 Å². The molecule has 2 aromatic rings. The average Bonchev–Trinajstić information content (AvgIpc) is 3.38. The van der Waals surface area contributed by atoms with Gasteiger partial charge in [0.15, 0.2) is 0 Å². The van der Waals surface area contributed by atoms with Crippen LogP contribution in [0.3, 0.4) is 0 Å². The van der Waals surface area contributed by atoms with Gasteiger partial charge in [-0.05, 0) is 36.1 Å². The number of nitrogens with zero attached hydrogens (tertiary/aromatic N) is 2. The lowest BCUT2D eigenvalue weighted by atomic mass is 10.1. The molecule has 3 nitrogen and oxygen atoms in total. The average molecular weight is 301 g/mol. The summed E-state index contributed by atoms with van der Waals surface area (Å²) in [7, 11) is 0. The summed E-state index contributed by atoms with van der Waals surface area (Å²) < 4.78 is 0. The highest BCUT2D eigenvalue weighted by Gasteiger charge is 2.35. The number of amides is 1. The SMILES string of the molecule is O=C(C(Cl)c1ccccc1)N(Cc1ccncc1)C1CC1. The molecular weight excluding hydrogens is 284 g/mol. The van der Waals surface area contributed by atoms with E-state index in [-0.39, 0.29) is 5.91 Å². The topological polar surface area (TPSA) is 33.2 Å². The van der Waals surface area contributed by atoms with Crippen molar-refractivity contribution in [2.45, 2.75) is 30.8 Å². The zero-order valence-corrected chi connectivity index (χ0v) is 12.4. The molecule has 1 unspecified atom stereocenters. The van der Waals surface area contributed by atoms with E-state index in [1.165, 1.54) is 0 Å². The number of benzene rings is 1. The Bertz CT molecular complexity index is 599. The number of pyridine rings is 1. The van der Waals surface area contributed by atoms with Gasteiger partial charge in [-0.1, -0.05) is 30.3 Å². The summed E-state index contributed by atoms with van der Waals surface area (Å²) in [4.78, 5) is 18.6. The number of halogens is 1. The molecule has 0 saturated heterocycles. The molecule has 0 bridgehead atoms. The molecule has 1 aromatic heterocycles. The number of rotatable bonds is 5. The summed E-state index contributed by atoms with van der Waals surface area (Å²) >= 11 is 6.39. The van der Waals surface area contributed by atoms with Crippen LogP contribution in [0.4, 0.5) is 0 Å². The van der Waals surface area contributed by atoms with Gasteiger partial charge >= 0.3 is 0 Å². The summed E-state index contributed by atoms with van der Waals surface area (Å²) in [5.41, 5.74) is 1.94. The minimum atomic E-state index is -0.617. The molecule has 1 saturated carbocycles. The smallest absolute Gasteiger partial charge is 0.245 e. The van der Waals surface area contributed by atoms with E-state index >= 15 is 0 Å². The molecule has 108 valence electrons. The van der Waals surface area contributed by atoms with Crippen LogP contribution >= 0.6 is 11.6 Å². The van der Waals surface area contributed by atoms with Gasteiger partial charge in [-0.25, -0.2) is 0 Å². The normalized spacial score (nSPS) is 15.5. The second-order valence-electron chi connectivity index (χ2n) is 5.33.